The molecule has 14 heteroatoms. The molecule has 1 atom stereocenters. The molecule has 0 unspecified atom stereocenters. The predicted octanol–water partition coefficient (Wildman–Crippen LogP) is 7.33. The molecule has 0 saturated carbocycles. The molecular formula is C39H40F3N5O4S2. The van der Waals surface area contributed by atoms with E-state index >= 15 is 0 Å². The fraction of sp³-hybridized carbons (Fsp3) is 0.256. The van der Waals surface area contributed by atoms with E-state index in [1.54, 1.807) is 48.5 Å². The van der Waals surface area contributed by atoms with E-state index in [4.69, 9.17) is 5.14 Å². The van der Waals surface area contributed by atoms with Gasteiger partial charge >= 0.3 is 6.18 Å². The van der Waals surface area contributed by atoms with Gasteiger partial charge < -0.3 is 9.88 Å². The van der Waals surface area contributed by atoms with E-state index in [2.05, 4.69) is 40.4 Å². The van der Waals surface area contributed by atoms with Crippen LogP contribution in [-0.2, 0) is 38.9 Å². The number of H-pyrrole nitrogens is 1. The molecule has 1 saturated heterocycles. The number of hydrogen-bond acceptors (Lipinski definition) is 6. The van der Waals surface area contributed by atoms with E-state index < -0.39 is 31.7 Å². The molecule has 1 aliphatic rings. The SMILES string of the molecule is CN1CCC[C@@H]1Cc1c[nH]c2ccc(CCS(=O)(=O)c3ccccc3)cc12.Cc1ccc(-c2cc(C(F)(F)F)nn2-c2ccc(S(N)(=O)=O)cc2)cc1. The summed E-state index contributed by atoms with van der Waals surface area (Å²) < 4.78 is 88.3. The second kappa shape index (κ2) is 15.3. The largest absolute Gasteiger partial charge is 0.435 e. The lowest BCUT2D eigenvalue weighted by Crippen LogP contribution is -2.26. The number of aryl methyl sites for hydroxylation is 2. The zero-order chi connectivity index (χ0) is 38.0. The quantitative estimate of drug-likeness (QED) is 0.159. The smallest absolute Gasteiger partial charge is 0.361 e. The lowest BCUT2D eigenvalue weighted by Gasteiger charge is -2.18. The van der Waals surface area contributed by atoms with Crippen molar-refractivity contribution in [2.45, 2.75) is 54.6 Å². The molecule has 53 heavy (non-hydrogen) atoms. The maximum absolute atomic E-state index is 13.1. The summed E-state index contributed by atoms with van der Waals surface area (Å²) in [4.78, 5) is 6.07. The summed E-state index contributed by atoms with van der Waals surface area (Å²) >= 11 is 0. The van der Waals surface area contributed by atoms with E-state index in [0.29, 0.717) is 22.9 Å². The number of nitrogens with two attached hydrogens (primary N) is 1. The van der Waals surface area contributed by atoms with Gasteiger partial charge in [-0.1, -0.05) is 54.1 Å². The number of primary sulfonamides is 1. The summed E-state index contributed by atoms with van der Waals surface area (Å²) in [6.45, 7) is 3.05. The first-order valence-electron chi connectivity index (χ1n) is 17.0. The number of rotatable bonds is 9. The van der Waals surface area contributed by atoms with Crippen molar-refractivity contribution in [1.29, 1.82) is 0 Å². The third-order valence-corrected chi connectivity index (χ3v) is 12.1. The van der Waals surface area contributed by atoms with Crippen LogP contribution in [0.1, 0.15) is 35.2 Å². The number of sulfone groups is 1. The normalized spacial score (nSPS) is 15.4. The fourth-order valence-corrected chi connectivity index (χ4v) is 8.29. The average molecular weight is 764 g/mol. The maximum atomic E-state index is 13.1. The maximum Gasteiger partial charge on any atom is 0.435 e. The number of halogens is 3. The van der Waals surface area contributed by atoms with Crippen molar-refractivity contribution in [3.63, 3.8) is 0 Å². The Bertz CT molecular complexity index is 2410. The van der Waals surface area contributed by atoms with Crippen LogP contribution in [0.3, 0.4) is 0 Å². The van der Waals surface area contributed by atoms with E-state index in [9.17, 15) is 30.0 Å². The van der Waals surface area contributed by atoms with Crippen LogP contribution < -0.4 is 5.14 Å². The van der Waals surface area contributed by atoms with Gasteiger partial charge in [-0.2, -0.15) is 18.3 Å². The van der Waals surface area contributed by atoms with Crippen LogP contribution in [0.5, 0.6) is 0 Å². The Balaban J connectivity index is 0.000000182. The van der Waals surface area contributed by atoms with Crippen LogP contribution in [0.4, 0.5) is 13.2 Å². The van der Waals surface area contributed by atoms with Gasteiger partial charge in [0.15, 0.2) is 15.5 Å². The first-order valence-corrected chi connectivity index (χ1v) is 20.2. The van der Waals surface area contributed by atoms with Crippen molar-refractivity contribution >= 4 is 30.8 Å². The molecule has 2 aromatic heterocycles. The van der Waals surface area contributed by atoms with E-state index in [-0.39, 0.29) is 22.0 Å². The number of alkyl halides is 3. The van der Waals surface area contributed by atoms with Crippen LogP contribution in [0.15, 0.2) is 119 Å². The molecule has 3 heterocycles. The van der Waals surface area contributed by atoms with Gasteiger partial charge in [0, 0.05) is 28.7 Å². The summed E-state index contributed by atoms with van der Waals surface area (Å²) in [5.41, 5.74) is 4.52. The van der Waals surface area contributed by atoms with E-state index in [1.165, 1.54) is 54.6 Å². The molecule has 0 amide bonds. The molecular weight excluding hydrogens is 724 g/mol. The van der Waals surface area contributed by atoms with Crippen molar-refractivity contribution in [3.8, 4) is 16.9 Å². The van der Waals surface area contributed by atoms with Gasteiger partial charge in [-0.3, -0.25) is 0 Å². The summed E-state index contributed by atoms with van der Waals surface area (Å²) in [6, 6.07) is 28.6. The molecule has 4 aromatic carbocycles. The zero-order valence-electron chi connectivity index (χ0n) is 29.2. The van der Waals surface area contributed by atoms with Crippen LogP contribution in [0.25, 0.3) is 27.8 Å². The van der Waals surface area contributed by atoms with Gasteiger partial charge in [-0.25, -0.2) is 26.7 Å². The molecule has 0 spiro atoms. The van der Waals surface area contributed by atoms with Gasteiger partial charge in [0.05, 0.1) is 26.9 Å². The van der Waals surface area contributed by atoms with Crippen LogP contribution in [0, 0.1) is 6.92 Å². The molecule has 3 N–H and O–H groups in total. The van der Waals surface area contributed by atoms with Crippen molar-refractivity contribution in [2.24, 2.45) is 5.14 Å². The van der Waals surface area contributed by atoms with Crippen molar-refractivity contribution in [3.05, 3.63) is 132 Å². The fourth-order valence-electron chi connectivity index (χ4n) is 6.46. The number of likely N-dealkylation sites (tertiary alicyclic amines) is 1. The van der Waals surface area contributed by atoms with Crippen LogP contribution >= 0.6 is 0 Å². The van der Waals surface area contributed by atoms with Crippen molar-refractivity contribution in [1.82, 2.24) is 19.7 Å². The highest BCUT2D eigenvalue weighted by molar-refractivity contribution is 7.91. The summed E-state index contributed by atoms with van der Waals surface area (Å²) in [5.74, 6) is 0.133. The first kappa shape index (κ1) is 38.0. The molecule has 6 aromatic rings. The number of fused-ring (bicyclic) bond motifs is 1. The third kappa shape index (κ3) is 9.07. The van der Waals surface area contributed by atoms with Gasteiger partial charge in [-0.15, -0.1) is 0 Å². The average Bonchev–Trinajstić information content (AvgIpc) is 3.87. The molecule has 0 aliphatic carbocycles. The molecule has 1 aliphatic heterocycles. The Morgan fingerprint density at radius 1 is 0.887 bits per heavy atom. The Morgan fingerprint density at radius 3 is 2.21 bits per heavy atom. The minimum atomic E-state index is -4.61. The minimum absolute atomic E-state index is 0.133. The highest BCUT2D eigenvalue weighted by Gasteiger charge is 2.35. The molecule has 278 valence electrons. The summed E-state index contributed by atoms with van der Waals surface area (Å²) in [6.07, 6.45) is 1.60. The van der Waals surface area contributed by atoms with Crippen molar-refractivity contribution < 1.29 is 30.0 Å². The van der Waals surface area contributed by atoms with E-state index in [0.717, 1.165) is 33.8 Å². The molecule has 9 nitrogen and oxygen atoms in total. The monoisotopic (exact) mass is 763 g/mol. The Morgan fingerprint density at radius 2 is 1.58 bits per heavy atom. The number of nitrogens with zero attached hydrogens (tertiary/aromatic N) is 3. The Hall–Kier alpha value is -4.76. The van der Waals surface area contributed by atoms with Gasteiger partial charge in [-0.05, 0) is 112 Å². The summed E-state index contributed by atoms with van der Waals surface area (Å²) in [7, 11) is -4.94. The number of nitrogens with one attached hydrogen (secondary N) is 1. The lowest BCUT2D eigenvalue weighted by molar-refractivity contribution is -0.141. The summed E-state index contributed by atoms with van der Waals surface area (Å²) in [5, 5.41) is 9.92. The Kier molecular flexibility index (Phi) is 11.0. The number of benzene rings is 4. The highest BCUT2D eigenvalue weighted by Crippen LogP contribution is 2.33. The van der Waals surface area contributed by atoms with Gasteiger partial charge in [0.2, 0.25) is 10.0 Å². The van der Waals surface area contributed by atoms with E-state index in [1.807, 2.05) is 19.1 Å². The standard InChI is InChI=1S/C22H26N2O2S.C17H14F3N3O2S/c1-24-12-5-6-19(24)15-18-16-23-22-10-9-17(14-21(18)22)11-13-27(25,26)20-7-3-2-4-8-20;1-11-2-4-12(5-3-11)15-10-16(17(18,19)20)22-23(15)13-6-8-14(9-7-13)26(21,24)25/h2-4,7-10,14,16,19,23H,5-6,11-13,15H2,1H3;2-10H,1H3,(H2,21,24,25)/t19-;/m1./s1. The lowest BCUT2D eigenvalue weighted by atomic mass is 10.0. The number of likely N-dealkylation sites (N-methyl/N-ethyl adjacent to an activating group) is 1. The number of aromatic nitrogens is 3. The number of sulfonamides is 1. The second-order valence-corrected chi connectivity index (χ2v) is 17.0. The predicted molar refractivity (Wildman–Crippen MR) is 200 cm³/mol. The second-order valence-electron chi connectivity index (χ2n) is 13.3. The first-order chi connectivity index (χ1) is 25.1. The molecule has 1 fully saturated rings. The topological polar surface area (TPSA) is 131 Å². The highest BCUT2D eigenvalue weighted by atomic mass is 32.2. The number of hydrogen-bond donors (Lipinski definition) is 2. The third-order valence-electron chi connectivity index (χ3n) is 9.48. The molecule has 0 radical (unpaired) electrons. The molecule has 0 bridgehead atoms. The number of aromatic amines is 1. The van der Waals surface area contributed by atoms with Gasteiger partial charge in [0.25, 0.3) is 0 Å². The van der Waals surface area contributed by atoms with Crippen molar-refractivity contribution in [2.75, 3.05) is 19.3 Å². The molecule has 7 rings (SSSR count). The van der Waals surface area contributed by atoms with Crippen LogP contribution in [0.2, 0.25) is 0 Å². The van der Waals surface area contributed by atoms with Crippen LogP contribution in [-0.4, -0.2) is 61.9 Å². The van der Waals surface area contributed by atoms with Gasteiger partial charge in [0.1, 0.15) is 0 Å². The minimum Gasteiger partial charge on any atom is -0.361 e. The zero-order valence-corrected chi connectivity index (χ0v) is 30.8. The Labute approximate surface area is 307 Å².